The van der Waals surface area contributed by atoms with E-state index in [2.05, 4.69) is 12.5 Å². The van der Waals surface area contributed by atoms with Crippen LogP contribution >= 0.6 is 0 Å². The lowest BCUT2D eigenvalue weighted by Crippen LogP contribution is -2.01. The first-order valence-corrected chi connectivity index (χ1v) is 3.89. The van der Waals surface area contributed by atoms with Crippen LogP contribution in [0.25, 0.3) is 0 Å². The molecule has 0 saturated carbocycles. The lowest BCUT2D eigenvalue weighted by atomic mass is 10.2. The topological polar surface area (TPSA) is 21.8 Å². The molecule has 2 nitrogen and oxygen atoms in total. The van der Waals surface area contributed by atoms with Gasteiger partial charge < -0.3 is 9.47 Å². The summed E-state index contributed by atoms with van der Waals surface area (Å²) in [6.07, 6.45) is 9.55. The molecule has 1 heterocycles. The van der Waals surface area contributed by atoms with Crippen LogP contribution < -0.4 is 0 Å². The summed E-state index contributed by atoms with van der Waals surface area (Å²) in [7, 11) is 0. The van der Waals surface area contributed by atoms with Crippen LogP contribution in [-0.2, 0) is 9.47 Å². The second kappa shape index (κ2) is 3.09. The monoisotopic (exact) mass is 151 g/mol. The van der Waals surface area contributed by atoms with Crippen molar-refractivity contribution in [1.29, 1.82) is 0 Å². The summed E-state index contributed by atoms with van der Waals surface area (Å²) in [6.45, 7) is 1.56. The van der Waals surface area contributed by atoms with Gasteiger partial charge in [0.25, 0.3) is 0 Å². The molecule has 0 unspecified atom stereocenters. The molecular formula is C9H11O2. The van der Waals surface area contributed by atoms with Crippen LogP contribution in [0.4, 0.5) is 0 Å². The molecule has 2 heteroatoms. The van der Waals surface area contributed by atoms with Gasteiger partial charge >= 0.3 is 0 Å². The van der Waals surface area contributed by atoms with Crippen molar-refractivity contribution < 1.29 is 9.47 Å². The largest absolute Gasteiger partial charge is 0.491 e. The molecule has 59 valence electrons. The smallest absolute Gasteiger partial charge is 0.117 e. The Kier molecular flexibility index (Phi) is 1.95. The van der Waals surface area contributed by atoms with Gasteiger partial charge in [0.2, 0.25) is 0 Å². The summed E-state index contributed by atoms with van der Waals surface area (Å²) < 4.78 is 10.4. The molecule has 1 aliphatic heterocycles. The Morgan fingerprint density at radius 3 is 3.18 bits per heavy atom. The quantitative estimate of drug-likeness (QED) is 0.569. The van der Waals surface area contributed by atoms with Crippen molar-refractivity contribution in [3.8, 4) is 0 Å². The summed E-state index contributed by atoms with van der Waals surface area (Å²) in [5, 5.41) is 0. The summed E-state index contributed by atoms with van der Waals surface area (Å²) in [6, 6.07) is 0. The third-order valence-corrected chi connectivity index (χ3v) is 1.67. The molecule has 0 amide bonds. The fourth-order valence-electron chi connectivity index (χ4n) is 0.952. The zero-order valence-electron chi connectivity index (χ0n) is 6.32. The van der Waals surface area contributed by atoms with Crippen LogP contribution in [-0.4, -0.2) is 19.3 Å². The standard InChI is InChI=1S/C9H11O2/c1-2-4-8(5-3-1)10-6-9-7-11-9/h2-5,9H,1,6-7H2/t9-/m1/s1. The van der Waals surface area contributed by atoms with E-state index in [4.69, 9.17) is 9.47 Å². The molecule has 0 aromatic carbocycles. The molecule has 1 fully saturated rings. The molecule has 0 N–H and O–H groups in total. The highest BCUT2D eigenvalue weighted by molar-refractivity contribution is 5.21. The first-order chi connectivity index (χ1) is 5.45. The zero-order chi connectivity index (χ0) is 7.52. The van der Waals surface area contributed by atoms with E-state index < -0.39 is 0 Å². The summed E-state index contributed by atoms with van der Waals surface area (Å²) in [5.41, 5.74) is 0. The summed E-state index contributed by atoms with van der Waals surface area (Å²) in [5.74, 6) is 0.951. The van der Waals surface area contributed by atoms with E-state index in [9.17, 15) is 0 Å². The number of hydrogen-bond acceptors (Lipinski definition) is 2. The summed E-state index contributed by atoms with van der Waals surface area (Å²) in [4.78, 5) is 0. The van der Waals surface area contributed by atoms with E-state index in [-0.39, 0.29) is 0 Å². The van der Waals surface area contributed by atoms with Crippen LogP contribution in [0.2, 0.25) is 0 Å². The predicted octanol–water partition coefficient (Wildman–Crippen LogP) is 1.45. The number of rotatable bonds is 3. The Morgan fingerprint density at radius 1 is 1.64 bits per heavy atom. The minimum atomic E-state index is 0.353. The van der Waals surface area contributed by atoms with Crippen molar-refractivity contribution in [3.63, 3.8) is 0 Å². The van der Waals surface area contributed by atoms with Crippen molar-refractivity contribution in [2.75, 3.05) is 13.2 Å². The SMILES string of the molecule is [CH]1C=C(OC[C@@H]2CO2)C=CC1. The van der Waals surface area contributed by atoms with Crippen molar-refractivity contribution in [2.45, 2.75) is 12.5 Å². The molecule has 1 saturated heterocycles. The molecule has 2 rings (SSSR count). The van der Waals surface area contributed by atoms with Gasteiger partial charge in [0.15, 0.2) is 0 Å². The fourth-order valence-corrected chi connectivity index (χ4v) is 0.952. The van der Waals surface area contributed by atoms with Gasteiger partial charge in [-0.15, -0.1) is 0 Å². The lowest BCUT2D eigenvalue weighted by Gasteiger charge is -2.07. The van der Waals surface area contributed by atoms with Crippen LogP contribution in [0.3, 0.4) is 0 Å². The van der Waals surface area contributed by atoms with Gasteiger partial charge in [0, 0.05) is 0 Å². The van der Waals surface area contributed by atoms with Crippen molar-refractivity contribution in [2.24, 2.45) is 0 Å². The molecule has 0 aromatic rings. The third kappa shape index (κ3) is 2.09. The van der Waals surface area contributed by atoms with Gasteiger partial charge in [-0.25, -0.2) is 0 Å². The Morgan fingerprint density at radius 2 is 2.55 bits per heavy atom. The highest BCUT2D eigenvalue weighted by atomic mass is 16.6. The van der Waals surface area contributed by atoms with E-state index >= 15 is 0 Å². The van der Waals surface area contributed by atoms with E-state index in [1.54, 1.807) is 0 Å². The second-order valence-electron chi connectivity index (χ2n) is 2.71. The van der Waals surface area contributed by atoms with Gasteiger partial charge in [0.05, 0.1) is 6.61 Å². The molecule has 0 aromatic heterocycles. The van der Waals surface area contributed by atoms with Crippen LogP contribution in [0.5, 0.6) is 0 Å². The first kappa shape index (κ1) is 6.92. The predicted molar refractivity (Wildman–Crippen MR) is 41.8 cm³/mol. The molecule has 1 aliphatic carbocycles. The Balaban J connectivity index is 1.75. The minimum Gasteiger partial charge on any atom is -0.491 e. The van der Waals surface area contributed by atoms with E-state index in [0.717, 1.165) is 18.8 Å². The molecule has 11 heavy (non-hydrogen) atoms. The number of ether oxygens (including phenoxy) is 2. The zero-order valence-corrected chi connectivity index (χ0v) is 6.32. The maximum atomic E-state index is 5.42. The van der Waals surface area contributed by atoms with Gasteiger partial charge in [-0.3, -0.25) is 0 Å². The highest BCUT2D eigenvalue weighted by Crippen LogP contribution is 2.14. The van der Waals surface area contributed by atoms with E-state index in [0.29, 0.717) is 12.7 Å². The van der Waals surface area contributed by atoms with E-state index in [1.165, 1.54) is 0 Å². The molecular weight excluding hydrogens is 140 g/mol. The Hall–Kier alpha value is -0.760. The van der Waals surface area contributed by atoms with Crippen LogP contribution in [0, 0.1) is 6.42 Å². The maximum absolute atomic E-state index is 5.42. The maximum Gasteiger partial charge on any atom is 0.117 e. The van der Waals surface area contributed by atoms with Crippen molar-refractivity contribution in [3.05, 3.63) is 30.4 Å². The summed E-state index contributed by atoms with van der Waals surface area (Å²) >= 11 is 0. The number of allylic oxidation sites excluding steroid dienone is 3. The van der Waals surface area contributed by atoms with Crippen LogP contribution in [0.1, 0.15) is 6.42 Å². The van der Waals surface area contributed by atoms with Gasteiger partial charge in [-0.2, -0.15) is 0 Å². The number of hydrogen-bond donors (Lipinski definition) is 0. The molecule has 1 atom stereocenters. The fraction of sp³-hybridized carbons (Fsp3) is 0.444. The second-order valence-corrected chi connectivity index (χ2v) is 2.71. The van der Waals surface area contributed by atoms with Gasteiger partial charge in [-0.05, 0) is 25.0 Å². The van der Waals surface area contributed by atoms with Crippen LogP contribution in [0.15, 0.2) is 24.0 Å². The van der Waals surface area contributed by atoms with Gasteiger partial charge in [-0.1, -0.05) is 6.08 Å². The molecule has 0 bridgehead atoms. The first-order valence-electron chi connectivity index (χ1n) is 3.89. The average Bonchev–Trinajstić information content (AvgIpc) is 2.86. The van der Waals surface area contributed by atoms with Crippen molar-refractivity contribution in [1.82, 2.24) is 0 Å². The molecule has 2 aliphatic rings. The highest BCUT2D eigenvalue weighted by Gasteiger charge is 2.23. The molecule has 1 radical (unpaired) electrons. The van der Waals surface area contributed by atoms with E-state index in [1.807, 2.05) is 12.2 Å². The Bertz CT molecular complexity index is 190. The lowest BCUT2D eigenvalue weighted by molar-refractivity contribution is 0.192. The molecule has 0 spiro atoms. The van der Waals surface area contributed by atoms with Gasteiger partial charge in [0.1, 0.15) is 18.5 Å². The normalized spacial score (nSPS) is 28.0. The third-order valence-electron chi connectivity index (χ3n) is 1.67. The minimum absolute atomic E-state index is 0.353. The Labute approximate surface area is 66.5 Å². The number of epoxide rings is 1. The van der Waals surface area contributed by atoms with Crippen molar-refractivity contribution >= 4 is 0 Å². The average molecular weight is 151 g/mol.